The molecule has 1 fully saturated rings. The first-order valence-electron chi connectivity index (χ1n) is 5.05. The molecule has 0 amide bonds. The zero-order valence-corrected chi connectivity index (χ0v) is 9.06. The van der Waals surface area contributed by atoms with Crippen molar-refractivity contribution in [2.75, 3.05) is 18.5 Å². The predicted molar refractivity (Wildman–Crippen MR) is 58.9 cm³/mol. The van der Waals surface area contributed by atoms with Gasteiger partial charge in [0.2, 0.25) is 0 Å². The molecule has 2 nitrogen and oxygen atoms in total. The van der Waals surface area contributed by atoms with Gasteiger partial charge in [0.05, 0.1) is 17.3 Å². The summed E-state index contributed by atoms with van der Waals surface area (Å²) < 4.78 is 18.8. The molecule has 1 atom stereocenters. The van der Waals surface area contributed by atoms with Crippen LogP contribution >= 0.6 is 11.6 Å². The van der Waals surface area contributed by atoms with E-state index in [1.54, 1.807) is 18.2 Å². The van der Waals surface area contributed by atoms with Gasteiger partial charge >= 0.3 is 0 Å². The minimum Gasteiger partial charge on any atom is -0.379 e. The first-order valence-corrected chi connectivity index (χ1v) is 5.43. The second kappa shape index (κ2) is 4.81. The Balaban J connectivity index is 2.06. The van der Waals surface area contributed by atoms with Crippen LogP contribution in [0.4, 0.5) is 10.1 Å². The summed E-state index contributed by atoms with van der Waals surface area (Å²) in [4.78, 5) is 0. The van der Waals surface area contributed by atoms with E-state index in [0.717, 1.165) is 19.4 Å². The fraction of sp³-hybridized carbons (Fsp3) is 0.455. The van der Waals surface area contributed by atoms with Crippen LogP contribution in [0.1, 0.15) is 12.8 Å². The van der Waals surface area contributed by atoms with Crippen LogP contribution < -0.4 is 5.32 Å². The number of anilines is 1. The first kappa shape index (κ1) is 10.7. The maximum Gasteiger partial charge on any atom is 0.164 e. The Bertz CT molecular complexity index is 339. The molecule has 82 valence electrons. The van der Waals surface area contributed by atoms with Gasteiger partial charge in [-0.05, 0) is 25.0 Å². The molecule has 0 aliphatic carbocycles. The maximum atomic E-state index is 13.5. The Morgan fingerprint density at radius 2 is 2.33 bits per heavy atom. The molecule has 1 aliphatic heterocycles. The van der Waals surface area contributed by atoms with E-state index in [2.05, 4.69) is 5.32 Å². The van der Waals surface area contributed by atoms with E-state index in [4.69, 9.17) is 16.3 Å². The van der Waals surface area contributed by atoms with E-state index in [0.29, 0.717) is 12.3 Å². The van der Waals surface area contributed by atoms with Gasteiger partial charge in [-0.15, -0.1) is 0 Å². The fourth-order valence-electron chi connectivity index (χ4n) is 1.69. The number of halogens is 2. The number of benzene rings is 1. The summed E-state index contributed by atoms with van der Waals surface area (Å²) in [7, 11) is 0. The summed E-state index contributed by atoms with van der Waals surface area (Å²) in [5.41, 5.74) is 0.456. The fourth-order valence-corrected chi connectivity index (χ4v) is 1.86. The van der Waals surface area contributed by atoms with Crippen molar-refractivity contribution in [1.29, 1.82) is 0 Å². The molecule has 4 heteroatoms. The van der Waals surface area contributed by atoms with Crippen LogP contribution in [0, 0.1) is 5.82 Å². The van der Waals surface area contributed by atoms with Crippen molar-refractivity contribution in [2.24, 2.45) is 0 Å². The van der Waals surface area contributed by atoms with E-state index in [9.17, 15) is 4.39 Å². The van der Waals surface area contributed by atoms with Crippen LogP contribution in [0.2, 0.25) is 5.02 Å². The molecule has 0 saturated carbocycles. The lowest BCUT2D eigenvalue weighted by Gasteiger charge is -2.24. The SMILES string of the molecule is Fc1c(Cl)cccc1NC1CCCOC1. The van der Waals surface area contributed by atoms with Gasteiger partial charge in [0, 0.05) is 12.6 Å². The largest absolute Gasteiger partial charge is 0.379 e. The summed E-state index contributed by atoms with van der Waals surface area (Å²) in [6.45, 7) is 1.43. The molecule has 0 aromatic heterocycles. The van der Waals surface area contributed by atoms with Gasteiger partial charge in [0.1, 0.15) is 0 Å². The normalized spacial score (nSPS) is 21.3. The highest BCUT2D eigenvalue weighted by Crippen LogP contribution is 2.23. The van der Waals surface area contributed by atoms with Crippen LogP contribution in [-0.2, 0) is 4.74 Å². The predicted octanol–water partition coefficient (Wildman–Crippen LogP) is 3.07. The first-order chi connectivity index (χ1) is 7.27. The number of ether oxygens (including phenoxy) is 1. The van der Waals surface area contributed by atoms with Crippen molar-refractivity contribution < 1.29 is 9.13 Å². The highest BCUT2D eigenvalue weighted by molar-refractivity contribution is 6.31. The topological polar surface area (TPSA) is 21.3 Å². The zero-order valence-electron chi connectivity index (χ0n) is 8.30. The molecule has 1 aliphatic rings. The van der Waals surface area contributed by atoms with Crippen LogP contribution in [0.3, 0.4) is 0 Å². The van der Waals surface area contributed by atoms with Crippen molar-refractivity contribution in [3.05, 3.63) is 29.0 Å². The van der Waals surface area contributed by atoms with E-state index in [1.165, 1.54) is 0 Å². The lowest BCUT2D eigenvalue weighted by Crippen LogP contribution is -2.30. The van der Waals surface area contributed by atoms with Crippen molar-refractivity contribution in [3.8, 4) is 0 Å². The molecule has 1 aromatic carbocycles. The third-order valence-electron chi connectivity index (χ3n) is 2.47. The van der Waals surface area contributed by atoms with E-state index in [1.807, 2.05) is 0 Å². The molecular formula is C11H13ClFNO. The monoisotopic (exact) mass is 229 g/mol. The third kappa shape index (κ3) is 2.61. The molecule has 15 heavy (non-hydrogen) atoms. The van der Waals surface area contributed by atoms with E-state index >= 15 is 0 Å². The second-order valence-electron chi connectivity index (χ2n) is 3.66. The lowest BCUT2D eigenvalue weighted by molar-refractivity contribution is 0.0875. The second-order valence-corrected chi connectivity index (χ2v) is 4.07. The van der Waals surface area contributed by atoms with Gasteiger partial charge < -0.3 is 10.1 Å². The smallest absolute Gasteiger partial charge is 0.164 e. The molecule has 1 heterocycles. The lowest BCUT2D eigenvalue weighted by atomic mass is 10.1. The molecule has 2 rings (SSSR count). The van der Waals surface area contributed by atoms with Gasteiger partial charge in [-0.1, -0.05) is 17.7 Å². The van der Waals surface area contributed by atoms with Gasteiger partial charge in [0.25, 0.3) is 0 Å². The van der Waals surface area contributed by atoms with Crippen LogP contribution in [0.5, 0.6) is 0 Å². The summed E-state index contributed by atoms with van der Waals surface area (Å²) in [6, 6.07) is 5.15. The van der Waals surface area contributed by atoms with Gasteiger partial charge in [-0.2, -0.15) is 0 Å². The number of rotatable bonds is 2. The van der Waals surface area contributed by atoms with Crippen molar-refractivity contribution in [2.45, 2.75) is 18.9 Å². The molecular weight excluding hydrogens is 217 g/mol. The average Bonchev–Trinajstić information content (AvgIpc) is 2.26. The van der Waals surface area contributed by atoms with Gasteiger partial charge in [0.15, 0.2) is 5.82 Å². The molecule has 0 spiro atoms. The minimum atomic E-state index is -0.384. The average molecular weight is 230 g/mol. The number of hydrogen-bond donors (Lipinski definition) is 1. The maximum absolute atomic E-state index is 13.5. The van der Waals surface area contributed by atoms with Gasteiger partial charge in [-0.25, -0.2) is 4.39 Å². The molecule has 0 radical (unpaired) electrons. The zero-order chi connectivity index (χ0) is 10.7. The highest BCUT2D eigenvalue weighted by atomic mass is 35.5. The Morgan fingerprint density at radius 3 is 3.07 bits per heavy atom. The standard InChI is InChI=1S/C11H13ClFNO/c12-9-4-1-5-10(11(9)13)14-8-3-2-6-15-7-8/h1,4-5,8,14H,2-3,6-7H2. The van der Waals surface area contributed by atoms with Crippen molar-refractivity contribution in [1.82, 2.24) is 0 Å². The molecule has 0 bridgehead atoms. The van der Waals surface area contributed by atoms with Crippen molar-refractivity contribution in [3.63, 3.8) is 0 Å². The number of hydrogen-bond acceptors (Lipinski definition) is 2. The Morgan fingerprint density at radius 1 is 1.47 bits per heavy atom. The Labute approximate surface area is 93.4 Å². The van der Waals surface area contributed by atoms with Crippen LogP contribution in [-0.4, -0.2) is 19.3 Å². The third-order valence-corrected chi connectivity index (χ3v) is 2.76. The van der Waals surface area contributed by atoms with Gasteiger partial charge in [-0.3, -0.25) is 0 Å². The molecule has 1 N–H and O–H groups in total. The Kier molecular flexibility index (Phi) is 3.44. The quantitative estimate of drug-likeness (QED) is 0.842. The van der Waals surface area contributed by atoms with E-state index in [-0.39, 0.29) is 16.9 Å². The molecule has 1 saturated heterocycles. The molecule has 1 aromatic rings. The summed E-state index contributed by atoms with van der Waals surface area (Å²) >= 11 is 5.69. The van der Waals surface area contributed by atoms with Crippen LogP contribution in [0.25, 0.3) is 0 Å². The summed E-state index contributed by atoms with van der Waals surface area (Å²) in [5.74, 6) is -0.384. The van der Waals surface area contributed by atoms with E-state index < -0.39 is 0 Å². The van der Waals surface area contributed by atoms with Crippen molar-refractivity contribution >= 4 is 17.3 Å². The molecule has 1 unspecified atom stereocenters. The summed E-state index contributed by atoms with van der Waals surface area (Å²) in [5, 5.41) is 3.26. The number of nitrogens with one attached hydrogen (secondary N) is 1. The summed E-state index contributed by atoms with van der Waals surface area (Å²) in [6.07, 6.45) is 2.02. The minimum absolute atomic E-state index is 0.150. The highest BCUT2D eigenvalue weighted by Gasteiger charge is 2.15. The van der Waals surface area contributed by atoms with Crippen LogP contribution in [0.15, 0.2) is 18.2 Å². The Hall–Kier alpha value is -0.800.